The van der Waals surface area contributed by atoms with Gasteiger partial charge in [0.1, 0.15) is 5.57 Å². The van der Waals surface area contributed by atoms with Crippen LogP contribution >= 0.6 is 0 Å². The van der Waals surface area contributed by atoms with Crippen LogP contribution in [0.1, 0.15) is 19.3 Å². The molecule has 0 saturated carbocycles. The van der Waals surface area contributed by atoms with Gasteiger partial charge >= 0.3 is 12.1 Å². The molecular formula is C11H14F3NO3. The molecule has 0 aromatic heterocycles. The van der Waals surface area contributed by atoms with Gasteiger partial charge in [-0.3, -0.25) is 4.79 Å². The Balaban J connectivity index is 2.93. The average molecular weight is 265 g/mol. The number of alkyl halides is 3. The van der Waals surface area contributed by atoms with Crippen molar-refractivity contribution >= 4 is 11.8 Å². The number of halogens is 3. The molecule has 0 spiro atoms. The maximum absolute atomic E-state index is 12.3. The molecule has 4 nitrogen and oxygen atoms in total. The zero-order chi connectivity index (χ0) is 13.8. The smallest absolute Gasteiger partial charge is 0.455 e. The predicted molar refractivity (Wildman–Crippen MR) is 56.6 cm³/mol. The van der Waals surface area contributed by atoms with Crippen molar-refractivity contribution in [2.24, 2.45) is 0 Å². The molecule has 0 radical (unpaired) electrons. The number of methoxy groups -OCH3 is 1. The summed E-state index contributed by atoms with van der Waals surface area (Å²) in [6.07, 6.45) is -1.47. The first-order chi connectivity index (χ1) is 8.36. The van der Waals surface area contributed by atoms with Crippen molar-refractivity contribution in [3.8, 4) is 0 Å². The summed E-state index contributed by atoms with van der Waals surface area (Å²) in [4.78, 5) is 23.9. The first-order valence-electron chi connectivity index (χ1n) is 5.52. The first-order valence-corrected chi connectivity index (χ1v) is 5.52. The van der Waals surface area contributed by atoms with E-state index in [0.717, 1.165) is 32.6 Å². The largest absolute Gasteiger partial charge is 0.465 e. The molecular weight excluding hydrogens is 251 g/mol. The van der Waals surface area contributed by atoms with Gasteiger partial charge in [0.15, 0.2) is 0 Å². The van der Waals surface area contributed by atoms with Crippen LogP contribution in [0.25, 0.3) is 0 Å². The van der Waals surface area contributed by atoms with E-state index in [2.05, 4.69) is 4.74 Å². The highest BCUT2D eigenvalue weighted by atomic mass is 19.4. The van der Waals surface area contributed by atoms with E-state index in [1.165, 1.54) is 0 Å². The number of Topliss-reactive ketones (excluding diaryl/α,β-unsaturated/α-hetero) is 1. The second-order valence-electron chi connectivity index (χ2n) is 3.96. The molecule has 1 heterocycles. The van der Waals surface area contributed by atoms with Gasteiger partial charge in [0.05, 0.1) is 7.11 Å². The molecule has 0 aromatic rings. The third-order valence-electron chi connectivity index (χ3n) is 2.61. The molecule has 0 unspecified atom stereocenters. The maximum Gasteiger partial charge on any atom is 0.455 e. The Morgan fingerprint density at radius 1 is 1.17 bits per heavy atom. The molecule has 7 heteroatoms. The average Bonchev–Trinajstić information content (AvgIpc) is 2.34. The maximum atomic E-state index is 12.3. The topological polar surface area (TPSA) is 46.6 Å². The van der Waals surface area contributed by atoms with Crippen LogP contribution < -0.4 is 0 Å². The van der Waals surface area contributed by atoms with Gasteiger partial charge in [-0.05, 0) is 19.3 Å². The molecule has 0 amide bonds. The number of ketones is 1. The molecule has 1 aliphatic rings. The minimum atomic E-state index is -5.07. The lowest BCUT2D eigenvalue weighted by atomic mass is 10.1. The molecule has 1 fully saturated rings. The van der Waals surface area contributed by atoms with Crippen molar-refractivity contribution in [1.29, 1.82) is 0 Å². The SMILES string of the molecule is COC(=O)/C(=C\N1CCCCC1)C(=O)C(F)(F)F. The van der Waals surface area contributed by atoms with Crippen molar-refractivity contribution in [1.82, 2.24) is 4.90 Å². The number of hydrogen-bond acceptors (Lipinski definition) is 4. The van der Waals surface area contributed by atoms with Crippen LogP contribution in [0.4, 0.5) is 13.2 Å². The summed E-state index contributed by atoms with van der Waals surface area (Å²) in [5.74, 6) is -3.43. The Hall–Kier alpha value is -1.53. The predicted octanol–water partition coefficient (Wildman–Crippen LogP) is 1.66. The fourth-order valence-electron chi connectivity index (χ4n) is 1.70. The van der Waals surface area contributed by atoms with Gasteiger partial charge in [0, 0.05) is 19.3 Å². The Kier molecular flexibility index (Phi) is 4.75. The van der Waals surface area contributed by atoms with Gasteiger partial charge in [-0.25, -0.2) is 4.79 Å². The summed E-state index contributed by atoms with van der Waals surface area (Å²) in [7, 11) is 0.941. The number of carbonyl (C=O) groups is 2. The fourth-order valence-corrected chi connectivity index (χ4v) is 1.70. The summed E-state index contributed by atoms with van der Waals surface area (Å²) in [5.41, 5.74) is -0.966. The Morgan fingerprint density at radius 2 is 1.72 bits per heavy atom. The molecule has 0 aromatic carbocycles. The molecule has 0 N–H and O–H groups in total. The number of likely N-dealkylation sites (tertiary alicyclic amines) is 1. The third kappa shape index (κ3) is 3.75. The number of carbonyl (C=O) groups excluding carboxylic acids is 2. The summed E-state index contributed by atoms with van der Waals surface area (Å²) in [5, 5.41) is 0. The second kappa shape index (κ2) is 5.88. The number of piperidine rings is 1. The number of hydrogen-bond donors (Lipinski definition) is 0. The van der Waals surface area contributed by atoms with Crippen molar-refractivity contribution in [2.75, 3.05) is 20.2 Å². The molecule has 18 heavy (non-hydrogen) atoms. The number of esters is 1. The molecule has 0 bridgehead atoms. The van der Waals surface area contributed by atoms with Gasteiger partial charge in [-0.1, -0.05) is 0 Å². The molecule has 1 aliphatic heterocycles. The van der Waals surface area contributed by atoms with Gasteiger partial charge in [0.2, 0.25) is 0 Å². The van der Waals surface area contributed by atoms with Crippen molar-refractivity contribution in [3.63, 3.8) is 0 Å². The standard InChI is InChI=1S/C11H14F3NO3/c1-18-10(17)8(9(16)11(12,13)14)7-15-5-3-2-4-6-15/h7H,2-6H2,1H3/b8-7-. The van der Waals surface area contributed by atoms with Crippen LogP contribution in [0.2, 0.25) is 0 Å². The van der Waals surface area contributed by atoms with E-state index in [4.69, 9.17) is 0 Å². The second-order valence-corrected chi connectivity index (χ2v) is 3.96. The van der Waals surface area contributed by atoms with Gasteiger partial charge < -0.3 is 9.64 Å². The first kappa shape index (κ1) is 14.5. The number of nitrogens with zero attached hydrogens (tertiary/aromatic N) is 1. The lowest BCUT2D eigenvalue weighted by molar-refractivity contribution is -0.168. The molecule has 0 aliphatic carbocycles. The molecule has 1 saturated heterocycles. The number of rotatable bonds is 3. The van der Waals surface area contributed by atoms with E-state index in [1.54, 1.807) is 4.90 Å². The lowest BCUT2D eigenvalue weighted by Crippen LogP contribution is -2.32. The molecule has 1 rings (SSSR count). The Bertz CT molecular complexity index is 357. The Morgan fingerprint density at radius 3 is 2.17 bits per heavy atom. The molecule has 102 valence electrons. The van der Waals surface area contributed by atoms with Crippen LogP contribution in [0.15, 0.2) is 11.8 Å². The van der Waals surface area contributed by atoms with Crippen LogP contribution in [-0.2, 0) is 14.3 Å². The zero-order valence-corrected chi connectivity index (χ0v) is 9.92. The van der Waals surface area contributed by atoms with E-state index in [9.17, 15) is 22.8 Å². The molecule has 0 atom stereocenters. The Labute approximate surface area is 102 Å². The van der Waals surface area contributed by atoms with Crippen LogP contribution in [0.5, 0.6) is 0 Å². The highest BCUT2D eigenvalue weighted by Crippen LogP contribution is 2.22. The highest BCUT2D eigenvalue weighted by molar-refractivity contribution is 6.19. The van der Waals surface area contributed by atoms with E-state index in [0.29, 0.717) is 13.1 Å². The monoisotopic (exact) mass is 265 g/mol. The minimum absolute atomic E-state index is 0.533. The number of ether oxygens (including phenoxy) is 1. The van der Waals surface area contributed by atoms with Crippen molar-refractivity contribution in [2.45, 2.75) is 25.4 Å². The van der Waals surface area contributed by atoms with E-state index in [1.807, 2.05) is 0 Å². The van der Waals surface area contributed by atoms with Crippen molar-refractivity contribution in [3.05, 3.63) is 11.8 Å². The highest BCUT2D eigenvalue weighted by Gasteiger charge is 2.43. The van der Waals surface area contributed by atoms with Crippen LogP contribution in [0.3, 0.4) is 0 Å². The minimum Gasteiger partial charge on any atom is -0.465 e. The summed E-state index contributed by atoms with van der Waals surface area (Å²) in [6.45, 7) is 1.07. The lowest BCUT2D eigenvalue weighted by Gasteiger charge is -2.25. The van der Waals surface area contributed by atoms with E-state index < -0.39 is 23.5 Å². The zero-order valence-electron chi connectivity index (χ0n) is 9.92. The van der Waals surface area contributed by atoms with E-state index in [-0.39, 0.29) is 0 Å². The van der Waals surface area contributed by atoms with Gasteiger partial charge in [-0.2, -0.15) is 13.2 Å². The van der Waals surface area contributed by atoms with Crippen LogP contribution in [-0.4, -0.2) is 43.0 Å². The summed E-state index contributed by atoms with van der Waals surface area (Å²) < 4.78 is 41.2. The van der Waals surface area contributed by atoms with Crippen molar-refractivity contribution < 1.29 is 27.5 Å². The van der Waals surface area contributed by atoms with Gasteiger partial charge in [-0.15, -0.1) is 0 Å². The fraction of sp³-hybridized carbons (Fsp3) is 0.636. The van der Waals surface area contributed by atoms with E-state index >= 15 is 0 Å². The normalized spacial score (nSPS) is 17.6. The van der Waals surface area contributed by atoms with Gasteiger partial charge in [0.25, 0.3) is 5.78 Å². The van der Waals surface area contributed by atoms with Crippen LogP contribution in [0, 0.1) is 0 Å². The summed E-state index contributed by atoms with van der Waals surface area (Å²) in [6, 6.07) is 0. The summed E-state index contributed by atoms with van der Waals surface area (Å²) >= 11 is 0. The quantitative estimate of drug-likeness (QED) is 0.337. The third-order valence-corrected chi connectivity index (χ3v) is 2.61.